The number of amides is 4. The van der Waals surface area contributed by atoms with Crippen LogP contribution in [0.3, 0.4) is 0 Å². The van der Waals surface area contributed by atoms with Crippen LogP contribution in [0.5, 0.6) is 0 Å². The number of aliphatic hydroxyl groups is 33. The van der Waals surface area contributed by atoms with E-state index in [9.17, 15) is 188 Å². The Hall–Kier alpha value is -4.36. The smallest absolute Gasteiger partial charge is 0.217 e. The van der Waals surface area contributed by atoms with Crippen molar-refractivity contribution in [3.8, 4) is 0 Å². The fourth-order valence-corrected chi connectivity index (χ4v) is 18.8. The van der Waals surface area contributed by atoms with Crippen molar-refractivity contribution < 1.29 is 297 Å². The minimum absolute atomic E-state index is 0.872. The second-order valence-corrected chi connectivity index (χ2v) is 36.6. The van der Waals surface area contributed by atoms with Crippen molar-refractivity contribution in [3.05, 3.63) is 0 Å². The van der Waals surface area contributed by atoms with Gasteiger partial charge in [0.15, 0.2) is 75.5 Å². The second kappa shape index (κ2) is 51.6. The molecular weight excluding hydrogens is 1980 g/mol. The molecule has 0 aliphatic carbocycles. The van der Waals surface area contributed by atoms with Crippen molar-refractivity contribution >= 4 is 23.6 Å². The normalized spacial score (nSPS) is 50.4. The number of ether oxygens (including phenoxy) is 23. The third kappa shape index (κ3) is 25.8. The molecule has 12 rings (SSSR count). The molecule has 0 saturated carbocycles. The third-order valence-corrected chi connectivity index (χ3v) is 26.6. The van der Waals surface area contributed by atoms with Gasteiger partial charge in [0.1, 0.15) is 287 Å². The topological polar surface area (TPSA) is 996 Å². The summed E-state index contributed by atoms with van der Waals surface area (Å²) in [5.41, 5.74) is 0. The maximum absolute atomic E-state index is 13.4. The zero-order valence-electron chi connectivity index (χ0n) is 77.2. The van der Waals surface area contributed by atoms with Gasteiger partial charge in [0, 0.05) is 27.7 Å². The van der Waals surface area contributed by atoms with Gasteiger partial charge in [-0.25, -0.2) is 0 Å². The molecule has 12 aliphatic rings. The lowest BCUT2D eigenvalue weighted by Gasteiger charge is -2.51. The first-order valence-electron chi connectivity index (χ1n) is 46.0. The van der Waals surface area contributed by atoms with Crippen LogP contribution in [0.2, 0.25) is 0 Å². The Labute approximate surface area is 814 Å². The van der Waals surface area contributed by atoms with E-state index < -0.39 is 465 Å². The summed E-state index contributed by atoms with van der Waals surface area (Å²) in [6, 6.07) is -8.02. The Balaban J connectivity index is 0.845. The van der Waals surface area contributed by atoms with Gasteiger partial charge in [0.2, 0.25) is 23.6 Å². The Morgan fingerprint density at radius 3 is 0.785 bits per heavy atom. The zero-order valence-corrected chi connectivity index (χ0v) is 77.2. The second-order valence-electron chi connectivity index (χ2n) is 36.6. The molecule has 4 amide bonds. The highest BCUT2D eigenvalue weighted by Gasteiger charge is 2.64. The molecule has 0 aromatic heterocycles. The van der Waals surface area contributed by atoms with E-state index in [0.717, 1.165) is 27.7 Å². The standard InChI is InChI=1S/C80H134N4O60/c1-17-37(98)47(108)54(115)73(124-17)122-16-32-65(43(104)33(69(121)125-32)81-18(2)94)136-70-34(82-19(3)95)44(105)62(28(12-91)130-70)139-78-59(120)66(142-80-68(51(112)41(102)25(9-88)129-80)144-72-36(84-21(5)97)46(107)61(27(11-90)132-72)138-77-58(119)53(114)64(30(14-93)134-77)141-75-56(117)49(110)39(100)23(7-86)127-75)42(103)31(135-78)15-123-79-67(50(111)40(101)24(8-87)128-79)143-71-35(83-20(4)96)45(106)60(26(10-89)131-71)137-76-57(118)52(113)63(29(13-92)133-76)140-74-55(116)48(109)38(99)22(6-85)126-74/h17,22-80,85-93,98-121H,6-16H2,1-5H3,(H,81,94)(H,82,95)(H,83,96)(H,84,97)/t17-,22+,23+,24+,25+,26+,27+,28+,29+,30+,31+,32+,33+,34+,35+,36+,37+,38-,39-,40+,41+,42+,43+,44+,45+,46+,47+,48-,49-,50-,51-,52+,53+,54-,55+,56+,57+,58+,59-,60+,61+,62+,63-,64-,65+,66-,67-,68-,69+,70-,71-,72-,73+,74-,75-,76-,77-,78-,79-,80+/m0/s1. The molecule has 64 heteroatoms. The van der Waals surface area contributed by atoms with E-state index in [1.807, 2.05) is 0 Å². The van der Waals surface area contributed by atoms with Crippen LogP contribution in [0.15, 0.2) is 0 Å². The zero-order chi connectivity index (χ0) is 106. The monoisotopic (exact) mass is 2110 g/mol. The number of carbonyl (C=O) groups is 4. The van der Waals surface area contributed by atoms with Crippen LogP contribution in [-0.4, -0.2) is 633 Å². The summed E-state index contributed by atoms with van der Waals surface area (Å²) in [5.74, 6) is -3.96. The maximum Gasteiger partial charge on any atom is 0.217 e. The highest BCUT2D eigenvalue weighted by molar-refractivity contribution is 5.74. The molecule has 60 atom stereocenters. The van der Waals surface area contributed by atoms with Crippen molar-refractivity contribution in [2.75, 3.05) is 72.7 Å². The lowest BCUT2D eigenvalue weighted by atomic mass is 9.93. The first-order chi connectivity index (χ1) is 68.1. The van der Waals surface area contributed by atoms with Crippen molar-refractivity contribution in [1.29, 1.82) is 0 Å². The van der Waals surface area contributed by atoms with Gasteiger partial charge in [-0.15, -0.1) is 0 Å². The fourth-order valence-electron chi connectivity index (χ4n) is 18.8. The van der Waals surface area contributed by atoms with Gasteiger partial charge in [0.05, 0.1) is 78.8 Å². The molecule has 0 radical (unpaired) electrons. The Morgan fingerprint density at radius 2 is 0.424 bits per heavy atom. The van der Waals surface area contributed by atoms with Gasteiger partial charge in [-0.2, -0.15) is 0 Å². The molecule has 0 aromatic rings. The molecule has 12 saturated heterocycles. The maximum atomic E-state index is 13.4. The van der Waals surface area contributed by atoms with E-state index in [4.69, 9.17) is 109 Å². The third-order valence-electron chi connectivity index (χ3n) is 26.6. The summed E-state index contributed by atoms with van der Waals surface area (Å²) in [4.78, 5) is 52.4. The van der Waals surface area contributed by atoms with Gasteiger partial charge in [-0.1, -0.05) is 0 Å². The van der Waals surface area contributed by atoms with Crippen molar-refractivity contribution in [2.45, 2.75) is 403 Å². The first-order valence-corrected chi connectivity index (χ1v) is 46.0. The summed E-state index contributed by atoms with van der Waals surface area (Å²) >= 11 is 0. The first kappa shape index (κ1) is 118. The van der Waals surface area contributed by atoms with Crippen LogP contribution in [0.4, 0.5) is 0 Å². The van der Waals surface area contributed by atoms with E-state index >= 15 is 0 Å². The van der Waals surface area contributed by atoms with Crippen molar-refractivity contribution in [1.82, 2.24) is 21.3 Å². The van der Waals surface area contributed by atoms with E-state index in [1.54, 1.807) is 0 Å². The summed E-state index contributed by atoms with van der Waals surface area (Å²) in [6.07, 6.45) is -119. The van der Waals surface area contributed by atoms with Crippen LogP contribution in [0, 0.1) is 0 Å². The molecule has 144 heavy (non-hydrogen) atoms. The van der Waals surface area contributed by atoms with Gasteiger partial charge >= 0.3 is 0 Å². The quantitative estimate of drug-likeness (QED) is 0.0275. The number of carbonyl (C=O) groups excluding carboxylic acids is 4. The SMILES string of the molecule is CC(=O)N[C@@H]1[C@@H](O)[C@H](O[C@@H]2O[C@H](CO)[C@@H](O[C@@H]3O[C@H](CO[C@H]4O[C@H](CO)[C@@H](O)[C@H](O)[C@@H]4O[C@@H]4O[C@H](CO)[C@@H](O[C@@H]5O[C@H](CO)[C@H](O[C@@H]6O[C@H](CO)[C@H](O)[C@H](O)[C@H]6O)[C@H](O)[C@H]5O)[C@H](O)[C@H]4NC(C)=O)[C@@H](O)[C@H](O[C@H]4O[C@H](CO)[C@@H](O)[C@H](O)[C@@H]4O[C@@H]4O[C@H](CO)[C@@H](O[C@@H]5O[C@H](CO)[C@H](O[C@@H]6O[C@H](CO)[C@H](O)[C@H](O)[C@H]6O)[C@H](O)[C@H]5O)[C@H](O)[C@H]4NC(C)=O)[C@@H]3O)[C@H](O)[C@H]2NC(C)=O)[C@@H](CO[C@@H]2O[C@@H](C)[C@@H](O)[C@@H](O)[C@@H]2O)O[C@H]1O. The van der Waals surface area contributed by atoms with Crippen molar-refractivity contribution in [2.24, 2.45) is 0 Å². The van der Waals surface area contributed by atoms with Crippen LogP contribution in [-0.2, 0) is 128 Å². The molecule has 12 heterocycles. The van der Waals surface area contributed by atoms with Crippen LogP contribution >= 0.6 is 0 Å². The molecule has 0 unspecified atom stereocenters. The highest BCUT2D eigenvalue weighted by Crippen LogP contribution is 2.43. The number of aliphatic hydroxyl groups excluding tert-OH is 33. The van der Waals surface area contributed by atoms with Gasteiger partial charge in [-0.3, -0.25) is 19.2 Å². The summed E-state index contributed by atoms with van der Waals surface area (Å²) in [6.45, 7) is -7.66. The Morgan fingerprint density at radius 1 is 0.194 bits per heavy atom. The fraction of sp³-hybridized carbons (Fsp3) is 0.950. The molecular formula is C80H134N4O60. The minimum atomic E-state index is -2.70. The number of hydrogen-bond donors (Lipinski definition) is 37. The lowest BCUT2D eigenvalue weighted by molar-refractivity contribution is -0.400. The van der Waals surface area contributed by atoms with Crippen molar-refractivity contribution in [3.63, 3.8) is 0 Å². The average Bonchev–Trinajstić information content (AvgIpc) is 0.780. The van der Waals surface area contributed by atoms with E-state index in [-0.39, 0.29) is 0 Å². The minimum Gasteiger partial charge on any atom is -0.394 e. The van der Waals surface area contributed by atoms with E-state index in [2.05, 4.69) is 21.3 Å². The lowest BCUT2D eigenvalue weighted by Crippen LogP contribution is -2.71. The van der Waals surface area contributed by atoms with Crippen LogP contribution < -0.4 is 21.3 Å². The number of nitrogens with one attached hydrogen (secondary N) is 4. The summed E-state index contributed by atoms with van der Waals surface area (Å²) in [7, 11) is 0. The van der Waals surface area contributed by atoms with E-state index in [1.165, 1.54) is 6.92 Å². The molecule has 37 N–H and O–H groups in total. The van der Waals surface area contributed by atoms with Crippen LogP contribution in [0.25, 0.3) is 0 Å². The Kier molecular flexibility index (Phi) is 42.4. The number of hydrogen-bond acceptors (Lipinski definition) is 60. The van der Waals surface area contributed by atoms with Gasteiger partial charge in [0.25, 0.3) is 0 Å². The molecule has 64 nitrogen and oxygen atoms in total. The Bertz CT molecular complexity index is 3970. The summed E-state index contributed by atoms with van der Waals surface area (Å²) in [5, 5.41) is 379. The molecule has 0 spiro atoms. The molecule has 0 bridgehead atoms. The van der Waals surface area contributed by atoms with E-state index in [0.29, 0.717) is 0 Å². The predicted octanol–water partition coefficient (Wildman–Crippen LogP) is -25.6. The molecule has 834 valence electrons. The number of rotatable bonds is 37. The van der Waals surface area contributed by atoms with Gasteiger partial charge in [-0.05, 0) is 6.92 Å². The predicted molar refractivity (Wildman–Crippen MR) is 440 cm³/mol. The highest BCUT2D eigenvalue weighted by atomic mass is 16.8. The molecule has 0 aromatic carbocycles. The molecule has 12 fully saturated rings. The van der Waals surface area contributed by atoms with Crippen LogP contribution in [0.1, 0.15) is 34.6 Å². The van der Waals surface area contributed by atoms with Gasteiger partial charge < -0.3 is 299 Å². The average molecular weight is 2110 g/mol. The largest absolute Gasteiger partial charge is 0.394 e. The molecule has 12 aliphatic heterocycles. The summed E-state index contributed by atoms with van der Waals surface area (Å²) < 4.78 is 136.